The SMILES string of the molecule is COc1ccc(COc2cc(N3CCOCC3)cc(-c3cccc4c3Sc3ccc(NC(CCN(C)C(=O)O)c5ccc(C)cn5)cc3S4)n2)cc1. The summed E-state index contributed by atoms with van der Waals surface area (Å²) in [6.45, 7) is 5.75. The van der Waals surface area contributed by atoms with Crippen LogP contribution in [0, 0.1) is 6.92 Å². The Hall–Kier alpha value is -4.91. The van der Waals surface area contributed by atoms with Crippen molar-refractivity contribution in [2.75, 3.05) is 57.2 Å². The van der Waals surface area contributed by atoms with Crippen LogP contribution in [-0.4, -0.2) is 73.1 Å². The van der Waals surface area contributed by atoms with Crippen molar-refractivity contribution >= 4 is 41.0 Å². The van der Waals surface area contributed by atoms with E-state index in [1.807, 2.05) is 55.6 Å². The number of hydrogen-bond acceptors (Lipinski definition) is 10. The van der Waals surface area contributed by atoms with Crippen molar-refractivity contribution in [3.05, 3.63) is 108 Å². The van der Waals surface area contributed by atoms with E-state index in [0.717, 1.165) is 77.9 Å². The van der Waals surface area contributed by atoms with E-state index in [9.17, 15) is 9.90 Å². The number of carboxylic acid groups (broad SMARTS) is 1. The van der Waals surface area contributed by atoms with Crippen molar-refractivity contribution in [2.45, 2.75) is 45.6 Å². The second-order valence-electron chi connectivity index (χ2n) is 12.7. The molecular formula is C40H41N5O5S2. The first-order valence-corrected chi connectivity index (χ1v) is 18.8. The van der Waals surface area contributed by atoms with E-state index in [4.69, 9.17) is 19.2 Å². The van der Waals surface area contributed by atoms with Crippen LogP contribution in [0.3, 0.4) is 0 Å². The van der Waals surface area contributed by atoms with Gasteiger partial charge in [-0.05, 0) is 73.0 Å². The number of ether oxygens (including phenoxy) is 3. The third kappa shape index (κ3) is 8.41. The van der Waals surface area contributed by atoms with E-state index in [1.54, 1.807) is 37.7 Å². The van der Waals surface area contributed by atoms with E-state index < -0.39 is 6.09 Å². The van der Waals surface area contributed by atoms with Gasteiger partial charge >= 0.3 is 6.09 Å². The van der Waals surface area contributed by atoms with Crippen molar-refractivity contribution in [3.8, 4) is 22.9 Å². The van der Waals surface area contributed by atoms with Crippen LogP contribution in [0.4, 0.5) is 16.2 Å². The molecule has 7 rings (SSSR count). The molecule has 5 aromatic rings. The van der Waals surface area contributed by atoms with Gasteiger partial charge in [-0.1, -0.05) is 53.9 Å². The molecule has 268 valence electrons. The molecule has 2 N–H and O–H groups in total. The highest BCUT2D eigenvalue weighted by atomic mass is 32.2. The average Bonchev–Trinajstić information content (AvgIpc) is 3.18. The maximum Gasteiger partial charge on any atom is 0.407 e. The Morgan fingerprint density at radius 2 is 1.83 bits per heavy atom. The lowest BCUT2D eigenvalue weighted by molar-refractivity contribution is 0.122. The number of pyridine rings is 2. The van der Waals surface area contributed by atoms with Crippen LogP contribution >= 0.6 is 23.5 Å². The number of nitrogens with zero attached hydrogens (tertiary/aromatic N) is 4. The quantitative estimate of drug-likeness (QED) is 0.126. The second-order valence-corrected chi connectivity index (χ2v) is 14.9. The number of aromatic nitrogens is 2. The number of anilines is 2. The highest BCUT2D eigenvalue weighted by molar-refractivity contribution is 8.05. The van der Waals surface area contributed by atoms with Gasteiger partial charge in [-0.2, -0.15) is 0 Å². The first-order chi connectivity index (χ1) is 25.3. The molecule has 2 aliphatic heterocycles. The second kappa shape index (κ2) is 16.2. The number of rotatable bonds is 12. The zero-order chi connectivity index (χ0) is 36.0. The molecule has 2 aliphatic rings. The average molecular weight is 736 g/mol. The van der Waals surface area contributed by atoms with Gasteiger partial charge < -0.3 is 34.4 Å². The van der Waals surface area contributed by atoms with Crippen LogP contribution in [-0.2, 0) is 11.3 Å². The fourth-order valence-corrected chi connectivity index (χ4v) is 8.49. The Kier molecular flexibility index (Phi) is 11.0. The van der Waals surface area contributed by atoms with Crippen LogP contribution in [0.15, 0.2) is 111 Å². The molecule has 3 aromatic carbocycles. The molecule has 1 saturated heterocycles. The van der Waals surface area contributed by atoms with Crippen molar-refractivity contribution in [3.63, 3.8) is 0 Å². The number of nitrogens with one attached hydrogen (secondary N) is 1. The first-order valence-electron chi connectivity index (χ1n) is 17.2. The Bertz CT molecular complexity index is 2020. The summed E-state index contributed by atoms with van der Waals surface area (Å²) in [7, 11) is 3.25. The number of methoxy groups -OCH3 is 1. The van der Waals surface area contributed by atoms with Gasteiger partial charge in [0.05, 0.1) is 37.8 Å². The third-order valence-electron chi connectivity index (χ3n) is 9.05. The molecule has 52 heavy (non-hydrogen) atoms. The van der Waals surface area contributed by atoms with E-state index in [-0.39, 0.29) is 6.04 Å². The molecule has 0 aliphatic carbocycles. The predicted molar refractivity (Wildman–Crippen MR) is 205 cm³/mol. The molecule has 10 nitrogen and oxygen atoms in total. The summed E-state index contributed by atoms with van der Waals surface area (Å²) in [5.74, 6) is 1.38. The Morgan fingerprint density at radius 1 is 1.00 bits per heavy atom. The summed E-state index contributed by atoms with van der Waals surface area (Å²) < 4.78 is 17.3. The van der Waals surface area contributed by atoms with E-state index in [1.165, 1.54) is 4.90 Å². The van der Waals surface area contributed by atoms with Crippen LogP contribution < -0.4 is 19.7 Å². The molecule has 1 fully saturated rings. The summed E-state index contributed by atoms with van der Waals surface area (Å²) in [5, 5.41) is 13.1. The lowest BCUT2D eigenvalue weighted by Crippen LogP contribution is -2.36. The topological polar surface area (TPSA) is 109 Å². The first kappa shape index (κ1) is 35.5. The Labute approximate surface area is 312 Å². The van der Waals surface area contributed by atoms with Gasteiger partial charge in [-0.3, -0.25) is 4.98 Å². The number of morpholine rings is 1. The van der Waals surface area contributed by atoms with Crippen molar-refractivity contribution in [2.24, 2.45) is 0 Å². The third-order valence-corrected chi connectivity index (χ3v) is 11.6. The zero-order valence-electron chi connectivity index (χ0n) is 29.4. The molecule has 0 saturated carbocycles. The molecule has 2 aromatic heterocycles. The minimum Gasteiger partial charge on any atom is -0.497 e. The van der Waals surface area contributed by atoms with E-state index >= 15 is 0 Å². The minimum atomic E-state index is -0.948. The number of amides is 1. The lowest BCUT2D eigenvalue weighted by atomic mass is 10.1. The molecule has 4 heterocycles. The molecule has 1 atom stereocenters. The summed E-state index contributed by atoms with van der Waals surface area (Å²) >= 11 is 3.49. The summed E-state index contributed by atoms with van der Waals surface area (Å²) in [6.07, 6.45) is 1.48. The zero-order valence-corrected chi connectivity index (χ0v) is 31.0. The van der Waals surface area contributed by atoms with Crippen LogP contribution in [0.25, 0.3) is 11.3 Å². The standard InChI is InChI=1S/C40H41N5O5S2/c1-26-7-13-32(41-24-26)33(15-16-44(2)40(46)47)42-28-10-14-35-37(21-28)51-36-6-4-5-31(39(36)52-35)34-22-29(45-17-19-49-20-18-45)23-38(43-34)50-25-27-8-11-30(48-3)12-9-27/h4-14,21-24,33,42H,15-20,25H2,1-3H3,(H,46,47). The molecular weight excluding hydrogens is 695 g/mol. The fraction of sp³-hybridized carbons (Fsp3) is 0.275. The number of aryl methyl sites for hydroxylation is 1. The molecule has 1 unspecified atom stereocenters. The maximum atomic E-state index is 11.5. The van der Waals surface area contributed by atoms with Gasteiger partial charge in [0, 0.05) is 75.5 Å². The maximum absolute atomic E-state index is 11.5. The van der Waals surface area contributed by atoms with Gasteiger partial charge in [-0.15, -0.1) is 0 Å². The van der Waals surface area contributed by atoms with Gasteiger partial charge in [0.1, 0.15) is 12.4 Å². The number of hydrogen-bond donors (Lipinski definition) is 2. The molecule has 1 amide bonds. The highest BCUT2D eigenvalue weighted by Crippen LogP contribution is 2.52. The minimum absolute atomic E-state index is 0.161. The van der Waals surface area contributed by atoms with Crippen molar-refractivity contribution in [1.29, 1.82) is 0 Å². The van der Waals surface area contributed by atoms with Crippen molar-refractivity contribution in [1.82, 2.24) is 14.9 Å². The summed E-state index contributed by atoms with van der Waals surface area (Å²) in [6, 6.07) is 28.7. The Balaban J connectivity index is 1.14. The number of carbonyl (C=O) groups is 1. The van der Waals surface area contributed by atoms with Crippen LogP contribution in [0.1, 0.15) is 29.3 Å². The predicted octanol–water partition coefficient (Wildman–Crippen LogP) is 8.65. The molecule has 0 radical (unpaired) electrons. The van der Waals surface area contributed by atoms with Crippen molar-refractivity contribution < 1.29 is 24.1 Å². The van der Waals surface area contributed by atoms with Crippen LogP contribution in [0.2, 0.25) is 0 Å². The molecule has 0 bridgehead atoms. The monoisotopic (exact) mass is 735 g/mol. The lowest BCUT2D eigenvalue weighted by Gasteiger charge is -2.29. The molecule has 12 heteroatoms. The van der Waals surface area contributed by atoms with E-state index in [2.05, 4.69) is 57.7 Å². The highest BCUT2D eigenvalue weighted by Gasteiger charge is 2.24. The largest absolute Gasteiger partial charge is 0.497 e. The van der Waals surface area contributed by atoms with E-state index in [0.29, 0.717) is 38.7 Å². The van der Waals surface area contributed by atoms with Gasteiger partial charge in [0.15, 0.2) is 0 Å². The fourth-order valence-electron chi connectivity index (χ4n) is 6.08. The summed E-state index contributed by atoms with van der Waals surface area (Å²) in [4.78, 5) is 29.5. The van der Waals surface area contributed by atoms with Gasteiger partial charge in [0.25, 0.3) is 0 Å². The van der Waals surface area contributed by atoms with Gasteiger partial charge in [0.2, 0.25) is 5.88 Å². The van der Waals surface area contributed by atoms with Crippen LogP contribution in [0.5, 0.6) is 11.6 Å². The number of benzene rings is 3. The normalized spacial score (nSPS) is 14.2. The molecule has 0 spiro atoms. The number of fused-ring (bicyclic) bond motifs is 2. The van der Waals surface area contributed by atoms with Gasteiger partial charge in [-0.25, -0.2) is 9.78 Å². The smallest absolute Gasteiger partial charge is 0.407 e. The Morgan fingerprint density at radius 3 is 2.58 bits per heavy atom. The summed E-state index contributed by atoms with van der Waals surface area (Å²) in [5.41, 5.74) is 6.91.